The average molecular weight is 432 g/mol. The number of halogens is 1. The first-order valence-electron chi connectivity index (χ1n) is 10.4. The van der Waals surface area contributed by atoms with Gasteiger partial charge < -0.3 is 19.3 Å². The van der Waals surface area contributed by atoms with Crippen molar-refractivity contribution in [2.24, 2.45) is 0 Å². The van der Waals surface area contributed by atoms with E-state index in [1.807, 2.05) is 29.2 Å². The van der Waals surface area contributed by atoms with Crippen LogP contribution in [-0.2, 0) is 4.79 Å². The van der Waals surface area contributed by atoms with Crippen LogP contribution in [0.5, 0.6) is 11.5 Å². The maximum atomic E-state index is 13.2. The molecule has 0 spiro atoms. The SMILES string of the molecule is O=C(/C=C\c1ccc2c(c1)OCO2)N1CCN(c2cc(-c3ccc(F)cc3)ncn2)CC1. The molecular formula is C24H21FN4O3. The molecule has 1 fully saturated rings. The van der Waals surface area contributed by atoms with E-state index in [0.717, 1.165) is 28.4 Å². The van der Waals surface area contributed by atoms with E-state index in [2.05, 4.69) is 14.9 Å². The zero-order chi connectivity index (χ0) is 21.9. The van der Waals surface area contributed by atoms with E-state index in [9.17, 15) is 9.18 Å². The Balaban J connectivity index is 1.20. The summed E-state index contributed by atoms with van der Waals surface area (Å²) in [6.07, 6.45) is 4.89. The molecule has 0 radical (unpaired) electrons. The molecule has 1 amide bonds. The van der Waals surface area contributed by atoms with Crippen LogP contribution in [0.25, 0.3) is 17.3 Å². The molecule has 0 atom stereocenters. The molecular weight excluding hydrogens is 411 g/mol. The van der Waals surface area contributed by atoms with E-state index in [0.29, 0.717) is 31.9 Å². The zero-order valence-electron chi connectivity index (χ0n) is 17.3. The van der Waals surface area contributed by atoms with Gasteiger partial charge in [-0.3, -0.25) is 4.79 Å². The fourth-order valence-corrected chi connectivity index (χ4v) is 3.74. The van der Waals surface area contributed by atoms with Crippen LogP contribution in [-0.4, -0.2) is 53.7 Å². The van der Waals surface area contributed by atoms with Gasteiger partial charge >= 0.3 is 0 Å². The van der Waals surface area contributed by atoms with Crippen molar-refractivity contribution in [3.8, 4) is 22.8 Å². The molecule has 3 heterocycles. The lowest BCUT2D eigenvalue weighted by Gasteiger charge is -2.35. The zero-order valence-corrected chi connectivity index (χ0v) is 17.3. The van der Waals surface area contributed by atoms with Crippen LogP contribution in [0.2, 0.25) is 0 Å². The first-order valence-corrected chi connectivity index (χ1v) is 10.4. The van der Waals surface area contributed by atoms with Gasteiger partial charge in [-0.2, -0.15) is 0 Å². The second kappa shape index (κ2) is 8.66. The van der Waals surface area contributed by atoms with Gasteiger partial charge in [-0.1, -0.05) is 6.07 Å². The van der Waals surface area contributed by atoms with E-state index in [-0.39, 0.29) is 18.5 Å². The number of fused-ring (bicyclic) bond motifs is 1. The van der Waals surface area contributed by atoms with Crippen molar-refractivity contribution in [3.05, 3.63) is 72.3 Å². The van der Waals surface area contributed by atoms with Gasteiger partial charge in [-0.15, -0.1) is 0 Å². The first kappa shape index (κ1) is 20.0. The number of carbonyl (C=O) groups is 1. The molecule has 2 aromatic carbocycles. The van der Waals surface area contributed by atoms with Gasteiger partial charge in [0.1, 0.15) is 18.0 Å². The van der Waals surface area contributed by atoms with E-state index in [1.54, 1.807) is 24.3 Å². The lowest BCUT2D eigenvalue weighted by Crippen LogP contribution is -2.48. The number of anilines is 1. The molecule has 32 heavy (non-hydrogen) atoms. The summed E-state index contributed by atoms with van der Waals surface area (Å²) >= 11 is 0. The standard InChI is InChI=1S/C24H21FN4O3/c25-19-5-3-18(4-6-19)20-14-23(27-15-26-20)28-9-11-29(12-10-28)24(30)8-2-17-1-7-21-22(13-17)32-16-31-21/h1-8,13-15H,9-12,16H2/b8-2-. The fraction of sp³-hybridized carbons (Fsp3) is 0.208. The van der Waals surface area contributed by atoms with Gasteiger partial charge in [-0.05, 0) is 48.0 Å². The summed E-state index contributed by atoms with van der Waals surface area (Å²) < 4.78 is 23.9. The van der Waals surface area contributed by atoms with Crippen molar-refractivity contribution >= 4 is 17.8 Å². The van der Waals surface area contributed by atoms with Crippen molar-refractivity contribution in [1.29, 1.82) is 0 Å². The number of rotatable bonds is 4. The van der Waals surface area contributed by atoms with Gasteiger partial charge in [0, 0.05) is 43.9 Å². The molecule has 0 bridgehead atoms. The van der Waals surface area contributed by atoms with Crippen molar-refractivity contribution in [2.45, 2.75) is 0 Å². The summed E-state index contributed by atoms with van der Waals surface area (Å²) in [6, 6.07) is 13.7. The lowest BCUT2D eigenvalue weighted by atomic mass is 10.1. The van der Waals surface area contributed by atoms with Crippen molar-refractivity contribution < 1.29 is 18.7 Å². The molecule has 2 aliphatic heterocycles. The van der Waals surface area contributed by atoms with E-state index in [1.165, 1.54) is 18.5 Å². The number of hydrogen-bond donors (Lipinski definition) is 0. The number of benzene rings is 2. The third kappa shape index (κ3) is 4.25. The predicted molar refractivity (Wildman–Crippen MR) is 118 cm³/mol. The molecule has 5 rings (SSSR count). The summed E-state index contributed by atoms with van der Waals surface area (Å²) in [5.74, 6) is 1.89. The van der Waals surface area contributed by atoms with E-state index < -0.39 is 0 Å². The highest BCUT2D eigenvalue weighted by Crippen LogP contribution is 2.32. The predicted octanol–water partition coefficient (Wildman–Crippen LogP) is 3.37. The van der Waals surface area contributed by atoms with Gasteiger partial charge in [0.25, 0.3) is 0 Å². The molecule has 0 aliphatic carbocycles. The Kier molecular flexibility index (Phi) is 5.41. The van der Waals surface area contributed by atoms with Gasteiger partial charge in [0.15, 0.2) is 11.5 Å². The summed E-state index contributed by atoms with van der Waals surface area (Å²) in [4.78, 5) is 25.3. The number of ether oxygens (including phenoxy) is 2. The normalized spacial score (nSPS) is 15.4. The highest BCUT2D eigenvalue weighted by molar-refractivity contribution is 5.92. The Morgan fingerprint density at radius 2 is 1.72 bits per heavy atom. The molecule has 2 aliphatic rings. The first-order chi connectivity index (χ1) is 15.7. The molecule has 1 saturated heterocycles. The minimum Gasteiger partial charge on any atom is -0.454 e. The van der Waals surface area contributed by atoms with Gasteiger partial charge in [0.05, 0.1) is 5.69 Å². The van der Waals surface area contributed by atoms with Crippen LogP contribution in [0.1, 0.15) is 5.56 Å². The second-order valence-electron chi connectivity index (χ2n) is 7.53. The monoisotopic (exact) mass is 432 g/mol. The average Bonchev–Trinajstić information content (AvgIpc) is 3.31. The van der Waals surface area contributed by atoms with Crippen LogP contribution >= 0.6 is 0 Å². The van der Waals surface area contributed by atoms with Gasteiger partial charge in [0.2, 0.25) is 12.7 Å². The third-order valence-electron chi connectivity index (χ3n) is 5.52. The quantitative estimate of drug-likeness (QED) is 0.589. The molecule has 0 N–H and O–H groups in total. The molecule has 3 aromatic rings. The van der Waals surface area contributed by atoms with Crippen LogP contribution in [0.4, 0.5) is 10.2 Å². The maximum Gasteiger partial charge on any atom is 0.246 e. The summed E-state index contributed by atoms with van der Waals surface area (Å²) in [7, 11) is 0. The maximum absolute atomic E-state index is 13.2. The molecule has 162 valence electrons. The number of hydrogen-bond acceptors (Lipinski definition) is 6. The smallest absolute Gasteiger partial charge is 0.246 e. The Labute approximate surface area is 184 Å². The molecule has 7 nitrogen and oxygen atoms in total. The number of aromatic nitrogens is 2. The van der Waals surface area contributed by atoms with Crippen molar-refractivity contribution in [2.75, 3.05) is 37.9 Å². The number of piperazine rings is 1. The van der Waals surface area contributed by atoms with E-state index in [4.69, 9.17) is 9.47 Å². The number of amides is 1. The fourth-order valence-electron chi connectivity index (χ4n) is 3.74. The van der Waals surface area contributed by atoms with Crippen molar-refractivity contribution in [1.82, 2.24) is 14.9 Å². The van der Waals surface area contributed by atoms with Crippen molar-refractivity contribution in [3.63, 3.8) is 0 Å². The number of carbonyl (C=O) groups excluding carboxylic acids is 1. The summed E-state index contributed by atoms with van der Waals surface area (Å²) in [6.45, 7) is 2.76. The highest BCUT2D eigenvalue weighted by Gasteiger charge is 2.21. The largest absolute Gasteiger partial charge is 0.454 e. The molecule has 8 heteroatoms. The second-order valence-corrected chi connectivity index (χ2v) is 7.53. The molecule has 1 aromatic heterocycles. The Morgan fingerprint density at radius 3 is 2.53 bits per heavy atom. The third-order valence-corrected chi connectivity index (χ3v) is 5.52. The Hall–Kier alpha value is -3.94. The van der Waals surface area contributed by atoms with Crippen LogP contribution in [0.15, 0.2) is 60.9 Å². The minimum absolute atomic E-state index is 0.0306. The lowest BCUT2D eigenvalue weighted by molar-refractivity contribution is -0.126. The molecule has 0 unspecified atom stereocenters. The van der Waals surface area contributed by atoms with Crippen LogP contribution in [0, 0.1) is 5.82 Å². The van der Waals surface area contributed by atoms with Crippen LogP contribution in [0.3, 0.4) is 0 Å². The van der Waals surface area contributed by atoms with Crippen LogP contribution < -0.4 is 14.4 Å². The summed E-state index contributed by atoms with van der Waals surface area (Å²) in [5, 5.41) is 0. The minimum atomic E-state index is -0.281. The molecule has 0 saturated carbocycles. The summed E-state index contributed by atoms with van der Waals surface area (Å²) in [5.41, 5.74) is 2.45. The Morgan fingerprint density at radius 1 is 0.938 bits per heavy atom. The Bertz CT molecular complexity index is 1160. The highest BCUT2D eigenvalue weighted by atomic mass is 19.1. The number of nitrogens with zero attached hydrogens (tertiary/aromatic N) is 4. The van der Waals surface area contributed by atoms with Gasteiger partial charge in [-0.25, -0.2) is 14.4 Å². The topological polar surface area (TPSA) is 67.8 Å². The van der Waals surface area contributed by atoms with E-state index >= 15 is 0 Å².